The fraction of sp³-hybridized carbons (Fsp3) is 0.523. The highest BCUT2D eigenvalue weighted by Gasteiger charge is 2.46. The Morgan fingerprint density at radius 3 is 2.27 bits per heavy atom. The summed E-state index contributed by atoms with van der Waals surface area (Å²) in [5.41, 5.74) is 10.0. The van der Waals surface area contributed by atoms with Gasteiger partial charge in [0.05, 0.1) is 68.0 Å². The van der Waals surface area contributed by atoms with Gasteiger partial charge in [0.1, 0.15) is 30.0 Å². The van der Waals surface area contributed by atoms with E-state index in [1.54, 1.807) is 23.6 Å². The van der Waals surface area contributed by atoms with Gasteiger partial charge in [0.25, 0.3) is 21.6 Å². The third kappa shape index (κ3) is 19.6. The molecule has 30 heteroatoms. The van der Waals surface area contributed by atoms with Gasteiger partial charge in [-0.25, -0.2) is 18.1 Å². The number of nitrogens with zero attached hydrogens (tertiary/aromatic N) is 9. The molecule has 6 atom stereocenters. The number of likely N-dealkylation sites (tertiary alicyclic amines) is 1. The van der Waals surface area contributed by atoms with Crippen molar-refractivity contribution in [1.29, 1.82) is 0 Å². The molecule has 0 bridgehead atoms. The van der Waals surface area contributed by atoms with Crippen molar-refractivity contribution in [1.82, 2.24) is 49.9 Å². The Balaban J connectivity index is 0.561. The van der Waals surface area contributed by atoms with Crippen molar-refractivity contribution in [3.8, 4) is 22.1 Å². The SMILES string of the molecule is Cc1ncsc1-c1ccc([C@H](C)NC(=O)[C@@H]2C[C@@H](O)CN2C(=O)[C@@H](NC(=O)CCCCCCC(=O)N2CCN(C[C@]3(C)CCC(CN4CCN(c5ccc(C(=O)NS(=O)(=O)c6cc7c(c([N+](=O)[O-])c6)N[C@H](CC6CCC(O)CC6)CO7)c(N6CCCOc7nc8[nH]ccc8cc76)c5)CC4)=C(c4ccc(Cl)cc4)C3)CC2)C(C)(C)C)cc1. The first-order valence-corrected chi connectivity index (χ1v) is 43.9. The number of aryl methyl sites for hydroxylation is 1. The molecule has 1 saturated carbocycles. The Bertz CT molecular complexity index is 4900. The number of amides is 5. The van der Waals surface area contributed by atoms with Crippen LogP contribution in [0.4, 0.5) is 28.4 Å². The van der Waals surface area contributed by atoms with Gasteiger partial charge in [0.2, 0.25) is 29.5 Å². The number of H-pyrrole nitrogens is 1. The molecule has 3 aromatic heterocycles. The number of aliphatic hydroxyl groups excluding tert-OH is 2. The first kappa shape index (κ1) is 83.3. The highest BCUT2D eigenvalue weighted by Crippen LogP contribution is 2.47. The zero-order valence-corrected chi connectivity index (χ0v) is 69.6. The lowest BCUT2D eigenvalue weighted by atomic mass is 9.70. The van der Waals surface area contributed by atoms with Gasteiger partial charge in [0, 0.05) is 132 Å². The number of aromatic nitrogens is 3. The zero-order valence-electron chi connectivity index (χ0n) is 67.2. The maximum absolute atomic E-state index is 14.8. The van der Waals surface area contributed by atoms with Crippen LogP contribution in [0.25, 0.3) is 27.0 Å². The number of aromatic amines is 1. The normalized spacial score (nSPS) is 22.2. The number of β-amino-alcohol motifs (C(OH)–C–C–N with tert-alkyl or cyclic N) is 1. The second-order valence-electron chi connectivity index (χ2n) is 34.1. The smallest absolute Gasteiger partial charge is 0.297 e. The standard InChI is InChI=1S/C86H109ClN14O13S2/c1-54(57-16-18-59(19-17-57)78-55(2)89-53-115-78)90-82(107)72-45-66(103)50-100(72)84(108)79(85(3,4)5)92-75(104)12-9-7-8-10-13-76(105)98-39-35-96(36-40-98)52-86(6)30-28-61(69(48-86)58-20-22-62(87)23-21-58)49-95-33-37-97(38-34-95)64-24-27-68(70(44-64)99-32-11-41-113-83-73(99)43-60-29-31-88-80(60)93-83)81(106)94-116(111,112)67-46-71(101(109)110)77-74(47-67)114-51-63(91-77)42-56-14-25-65(102)26-15-56/h16-24,27,29,31,43-44,46-47,53-54,56,63,65-66,72,79,91,102-103H,7-15,25-26,28,30,32-42,45,48-52H2,1-6H3,(H,88,93)(H,90,107)(H,92,104)(H,94,106)/t54-,56?,63+,65?,66+,72-,79+,86+/m0/s1. The molecule has 5 aliphatic heterocycles. The first-order valence-electron chi connectivity index (χ1n) is 41.1. The van der Waals surface area contributed by atoms with Crippen molar-refractivity contribution >= 4 is 108 Å². The van der Waals surface area contributed by atoms with E-state index in [2.05, 4.69) is 64.4 Å². The molecular formula is C86H109ClN14O13S2. The minimum Gasteiger partial charge on any atom is -0.489 e. The Morgan fingerprint density at radius 2 is 1.55 bits per heavy atom. The molecule has 8 heterocycles. The Kier molecular flexibility index (Phi) is 25.8. The number of carbonyl (C=O) groups excluding carboxylic acids is 5. The molecule has 4 fully saturated rings. The number of pyridine rings is 1. The Labute approximate surface area is 687 Å². The number of fused-ring (bicyclic) bond motifs is 3. The van der Waals surface area contributed by atoms with Crippen LogP contribution in [0, 0.1) is 33.8 Å². The number of ether oxygens (including phenoxy) is 2. The monoisotopic (exact) mass is 1640 g/mol. The molecule has 7 aliphatic rings. The van der Waals surface area contributed by atoms with E-state index in [0.29, 0.717) is 118 Å². The molecule has 0 radical (unpaired) electrons. The summed E-state index contributed by atoms with van der Waals surface area (Å²) >= 11 is 8.09. The molecule has 14 rings (SSSR count). The van der Waals surface area contributed by atoms with Gasteiger partial charge >= 0.3 is 0 Å². The van der Waals surface area contributed by atoms with Crippen LogP contribution in [-0.2, 0) is 29.2 Å². The van der Waals surface area contributed by atoms with Crippen LogP contribution >= 0.6 is 22.9 Å². The number of hydrogen-bond donors (Lipinski definition) is 7. The van der Waals surface area contributed by atoms with Gasteiger partial charge in [0.15, 0.2) is 11.4 Å². The number of piperazine rings is 2. The summed E-state index contributed by atoms with van der Waals surface area (Å²) in [4.78, 5) is 108. The van der Waals surface area contributed by atoms with Crippen molar-refractivity contribution < 1.29 is 57.0 Å². The molecule has 0 spiro atoms. The van der Waals surface area contributed by atoms with E-state index in [1.165, 1.54) is 22.1 Å². The number of sulfonamides is 1. The second kappa shape index (κ2) is 35.9. The molecule has 5 amide bonds. The molecule has 4 aromatic carbocycles. The third-order valence-electron chi connectivity index (χ3n) is 24.4. The highest BCUT2D eigenvalue weighted by molar-refractivity contribution is 7.90. The summed E-state index contributed by atoms with van der Waals surface area (Å²) in [6.07, 6.45) is 11.2. The summed E-state index contributed by atoms with van der Waals surface area (Å²) in [6, 6.07) is 25.1. The molecule has 2 aliphatic carbocycles. The molecule has 7 N–H and O–H groups in total. The maximum atomic E-state index is 14.8. The lowest BCUT2D eigenvalue weighted by Gasteiger charge is -2.44. The van der Waals surface area contributed by atoms with E-state index in [4.69, 9.17) is 26.1 Å². The Hall–Kier alpha value is -9.23. The second-order valence-corrected chi connectivity index (χ2v) is 37.1. The number of nitrogens with one attached hydrogen (secondary N) is 5. The van der Waals surface area contributed by atoms with Crippen LogP contribution in [0.15, 0.2) is 113 Å². The molecule has 27 nitrogen and oxygen atoms in total. The lowest BCUT2D eigenvalue weighted by Crippen LogP contribution is -2.57. The first-order chi connectivity index (χ1) is 55.6. The van der Waals surface area contributed by atoms with Gasteiger partial charge in [-0.3, -0.25) is 43.9 Å². The topological polar surface area (TPSA) is 331 Å². The van der Waals surface area contributed by atoms with Gasteiger partial charge in [-0.15, -0.1) is 11.3 Å². The predicted octanol–water partition coefficient (Wildman–Crippen LogP) is 12.3. The van der Waals surface area contributed by atoms with Crippen LogP contribution in [-0.4, -0.2) is 210 Å². The van der Waals surface area contributed by atoms with Crippen LogP contribution < -0.4 is 39.9 Å². The van der Waals surface area contributed by atoms with Crippen molar-refractivity contribution in [2.24, 2.45) is 16.7 Å². The number of allylic oxidation sites excluding steroid dienone is 1. The van der Waals surface area contributed by atoms with Crippen molar-refractivity contribution in [2.75, 3.05) is 107 Å². The number of nitro groups is 1. The number of hydrogen-bond acceptors (Lipinski definition) is 21. The summed E-state index contributed by atoms with van der Waals surface area (Å²) < 4.78 is 43.4. The number of benzene rings is 4. The number of unbranched alkanes of at least 4 members (excludes halogenated alkanes) is 3. The van der Waals surface area contributed by atoms with Gasteiger partial charge in [-0.2, -0.15) is 4.98 Å². The molecule has 7 aromatic rings. The van der Waals surface area contributed by atoms with E-state index in [-0.39, 0.29) is 84.3 Å². The van der Waals surface area contributed by atoms with E-state index < -0.39 is 60.9 Å². The lowest BCUT2D eigenvalue weighted by molar-refractivity contribution is -0.384. The number of halogens is 1. The molecule has 116 heavy (non-hydrogen) atoms. The van der Waals surface area contributed by atoms with Crippen LogP contribution in [0.1, 0.15) is 171 Å². The van der Waals surface area contributed by atoms with E-state index in [0.717, 1.165) is 129 Å². The predicted molar refractivity (Wildman–Crippen MR) is 449 cm³/mol. The fourth-order valence-electron chi connectivity index (χ4n) is 17.8. The minimum absolute atomic E-state index is 0.00624. The summed E-state index contributed by atoms with van der Waals surface area (Å²) in [6.45, 7) is 20.1. The van der Waals surface area contributed by atoms with Gasteiger partial charge in [-0.1, -0.05) is 94.1 Å². The number of aliphatic hydroxyl groups is 2. The Morgan fingerprint density at radius 1 is 0.828 bits per heavy atom. The van der Waals surface area contributed by atoms with Crippen molar-refractivity contribution in [2.45, 2.75) is 186 Å². The van der Waals surface area contributed by atoms with Gasteiger partial charge in [-0.05, 0) is 166 Å². The summed E-state index contributed by atoms with van der Waals surface area (Å²) in [7, 11) is -4.74. The van der Waals surface area contributed by atoms with E-state index in [9.17, 15) is 52.7 Å². The molecule has 0 unspecified atom stereocenters. The van der Waals surface area contributed by atoms with Crippen LogP contribution in [0.5, 0.6) is 11.6 Å². The zero-order chi connectivity index (χ0) is 81.7. The number of thiazole rings is 1. The fourth-order valence-corrected chi connectivity index (χ4v) is 19.8. The molecular weight excluding hydrogens is 1540 g/mol. The average molecular weight is 1650 g/mol. The summed E-state index contributed by atoms with van der Waals surface area (Å²) in [5.74, 6) is -1.18. The number of rotatable bonds is 26. The van der Waals surface area contributed by atoms with Crippen molar-refractivity contribution in [3.05, 3.63) is 146 Å². The highest BCUT2D eigenvalue weighted by atomic mass is 35.5. The van der Waals surface area contributed by atoms with Crippen LogP contribution in [0.2, 0.25) is 5.02 Å². The van der Waals surface area contributed by atoms with Crippen LogP contribution in [0.3, 0.4) is 0 Å². The van der Waals surface area contributed by atoms with Crippen molar-refractivity contribution in [3.63, 3.8) is 0 Å². The average Bonchev–Trinajstić information content (AvgIpc) is 1.15. The number of nitro benzene ring substituents is 1. The maximum Gasteiger partial charge on any atom is 0.297 e. The molecule has 3 saturated heterocycles. The molecule has 620 valence electrons. The number of anilines is 4. The minimum atomic E-state index is -4.74. The third-order valence-corrected chi connectivity index (χ3v) is 26.9. The van der Waals surface area contributed by atoms with Gasteiger partial charge < -0.3 is 60.2 Å². The van der Waals surface area contributed by atoms with E-state index >= 15 is 0 Å². The quantitative estimate of drug-likeness (QED) is 0.0150. The van der Waals surface area contributed by atoms with E-state index in [1.807, 2.05) is 111 Å². The largest absolute Gasteiger partial charge is 0.489 e. The number of carbonyl (C=O) groups is 5. The summed E-state index contributed by atoms with van der Waals surface area (Å²) in [5, 5.41) is 44.3.